The average molecular weight is 214 g/mol. The van der Waals surface area contributed by atoms with E-state index in [0.717, 1.165) is 45.3 Å². The van der Waals surface area contributed by atoms with E-state index in [1.807, 2.05) is 0 Å². The Balaban J connectivity index is 1.94. The van der Waals surface area contributed by atoms with E-state index in [1.54, 1.807) is 0 Å². The van der Waals surface area contributed by atoms with E-state index in [2.05, 4.69) is 6.92 Å². The molecule has 2 saturated heterocycles. The molecular weight excluding hydrogens is 192 g/mol. The maximum absolute atomic E-state index is 10.6. The predicted molar refractivity (Wildman–Crippen MR) is 57.8 cm³/mol. The lowest BCUT2D eigenvalue weighted by molar-refractivity contribution is -0.133. The van der Waals surface area contributed by atoms with E-state index in [-0.39, 0.29) is 6.10 Å². The van der Waals surface area contributed by atoms with Crippen molar-refractivity contribution < 1.29 is 14.6 Å². The van der Waals surface area contributed by atoms with Crippen LogP contribution in [-0.4, -0.2) is 36.6 Å². The Kier molecular flexibility index (Phi) is 3.65. The van der Waals surface area contributed by atoms with Gasteiger partial charge in [-0.15, -0.1) is 0 Å². The van der Waals surface area contributed by atoms with E-state index >= 15 is 0 Å². The maximum Gasteiger partial charge on any atom is 0.0745 e. The molecule has 0 saturated carbocycles. The molecule has 2 aliphatic rings. The maximum atomic E-state index is 10.6. The first-order valence-corrected chi connectivity index (χ1v) is 6.16. The summed E-state index contributed by atoms with van der Waals surface area (Å²) in [5.74, 6) is 0.334. The zero-order valence-electron chi connectivity index (χ0n) is 9.58. The molecule has 0 aromatic heterocycles. The largest absolute Gasteiger partial charge is 0.389 e. The summed E-state index contributed by atoms with van der Waals surface area (Å²) in [6.45, 7) is 4.41. The van der Waals surface area contributed by atoms with Crippen LogP contribution in [0.5, 0.6) is 0 Å². The third-order valence-corrected chi connectivity index (χ3v) is 3.77. The molecule has 0 radical (unpaired) electrons. The second-order valence-electron chi connectivity index (χ2n) is 4.90. The Morgan fingerprint density at radius 1 is 1.40 bits per heavy atom. The summed E-state index contributed by atoms with van der Waals surface area (Å²) in [6.07, 6.45) is 5.04. The van der Waals surface area contributed by atoms with Gasteiger partial charge in [-0.05, 0) is 19.3 Å². The zero-order valence-corrected chi connectivity index (χ0v) is 9.58. The normalized spacial score (nSPS) is 42.0. The minimum atomic E-state index is -0.519. The van der Waals surface area contributed by atoms with Crippen LogP contribution in [0, 0.1) is 5.92 Å². The van der Waals surface area contributed by atoms with Crippen molar-refractivity contribution in [1.82, 2.24) is 0 Å². The monoisotopic (exact) mass is 214 g/mol. The van der Waals surface area contributed by atoms with Crippen molar-refractivity contribution in [3.05, 3.63) is 0 Å². The Labute approximate surface area is 91.8 Å². The standard InChI is InChI=1S/C12H22O3/c1-2-3-11-8-12(13,5-7-15-11)10-4-6-14-9-10/h10-11,13H,2-9H2,1H3. The lowest BCUT2D eigenvalue weighted by atomic mass is 9.78. The average Bonchev–Trinajstić information content (AvgIpc) is 2.71. The second-order valence-corrected chi connectivity index (χ2v) is 4.90. The molecule has 0 aromatic rings. The molecule has 1 N–H and O–H groups in total. The molecule has 0 aliphatic carbocycles. The third kappa shape index (κ3) is 2.52. The molecule has 0 aromatic carbocycles. The summed E-state index contributed by atoms with van der Waals surface area (Å²) in [5, 5.41) is 10.6. The molecular formula is C12H22O3. The molecule has 0 spiro atoms. The van der Waals surface area contributed by atoms with Crippen LogP contribution in [0.3, 0.4) is 0 Å². The molecule has 88 valence electrons. The SMILES string of the molecule is CCCC1CC(O)(C2CCOC2)CCO1. The first kappa shape index (κ1) is 11.4. The van der Waals surface area contributed by atoms with Gasteiger partial charge in [0.15, 0.2) is 0 Å². The highest BCUT2D eigenvalue weighted by Gasteiger charge is 2.42. The van der Waals surface area contributed by atoms with Gasteiger partial charge in [0.2, 0.25) is 0 Å². The van der Waals surface area contributed by atoms with Gasteiger partial charge in [0.25, 0.3) is 0 Å². The van der Waals surface area contributed by atoms with Gasteiger partial charge in [-0.25, -0.2) is 0 Å². The van der Waals surface area contributed by atoms with Crippen molar-refractivity contribution >= 4 is 0 Å². The van der Waals surface area contributed by atoms with Gasteiger partial charge in [-0.3, -0.25) is 0 Å². The smallest absolute Gasteiger partial charge is 0.0745 e. The van der Waals surface area contributed by atoms with Gasteiger partial charge in [0.05, 0.1) is 18.3 Å². The van der Waals surface area contributed by atoms with Crippen molar-refractivity contribution in [1.29, 1.82) is 0 Å². The first-order chi connectivity index (χ1) is 7.24. The first-order valence-electron chi connectivity index (χ1n) is 6.16. The fraction of sp³-hybridized carbons (Fsp3) is 1.00. The number of rotatable bonds is 3. The quantitative estimate of drug-likeness (QED) is 0.777. The molecule has 2 aliphatic heterocycles. The summed E-state index contributed by atoms with van der Waals surface area (Å²) in [4.78, 5) is 0. The van der Waals surface area contributed by atoms with Gasteiger partial charge in [-0.1, -0.05) is 13.3 Å². The molecule has 3 heteroatoms. The molecule has 3 nitrogen and oxygen atoms in total. The van der Waals surface area contributed by atoms with Crippen LogP contribution < -0.4 is 0 Å². The summed E-state index contributed by atoms with van der Waals surface area (Å²) in [7, 11) is 0. The molecule has 0 amide bonds. The third-order valence-electron chi connectivity index (χ3n) is 3.77. The van der Waals surface area contributed by atoms with Crippen LogP contribution in [0.25, 0.3) is 0 Å². The van der Waals surface area contributed by atoms with E-state index in [4.69, 9.17) is 9.47 Å². The Morgan fingerprint density at radius 3 is 2.93 bits per heavy atom. The van der Waals surface area contributed by atoms with E-state index in [0.29, 0.717) is 12.5 Å². The van der Waals surface area contributed by atoms with Gasteiger partial charge in [0, 0.05) is 25.6 Å². The van der Waals surface area contributed by atoms with E-state index in [9.17, 15) is 5.11 Å². The number of hydrogen-bond donors (Lipinski definition) is 1. The van der Waals surface area contributed by atoms with Crippen LogP contribution in [0.15, 0.2) is 0 Å². The minimum absolute atomic E-state index is 0.259. The van der Waals surface area contributed by atoms with E-state index in [1.165, 1.54) is 0 Å². The highest BCUT2D eigenvalue weighted by molar-refractivity contribution is 4.93. The summed E-state index contributed by atoms with van der Waals surface area (Å²) in [5.41, 5.74) is -0.519. The Hall–Kier alpha value is -0.120. The van der Waals surface area contributed by atoms with Crippen molar-refractivity contribution in [2.24, 2.45) is 5.92 Å². The van der Waals surface area contributed by atoms with Gasteiger partial charge < -0.3 is 14.6 Å². The number of ether oxygens (including phenoxy) is 2. The van der Waals surface area contributed by atoms with Gasteiger partial charge >= 0.3 is 0 Å². The summed E-state index contributed by atoms with van der Waals surface area (Å²) >= 11 is 0. The lowest BCUT2D eigenvalue weighted by Crippen LogP contribution is -2.46. The molecule has 2 fully saturated rings. The van der Waals surface area contributed by atoms with Crippen LogP contribution >= 0.6 is 0 Å². The van der Waals surface area contributed by atoms with Gasteiger partial charge in [-0.2, -0.15) is 0 Å². The molecule has 15 heavy (non-hydrogen) atoms. The van der Waals surface area contributed by atoms with E-state index < -0.39 is 5.60 Å². The second kappa shape index (κ2) is 4.81. The highest BCUT2D eigenvalue weighted by Crippen LogP contribution is 2.37. The number of hydrogen-bond acceptors (Lipinski definition) is 3. The fourth-order valence-electron chi connectivity index (χ4n) is 2.79. The molecule has 2 rings (SSSR count). The summed E-state index contributed by atoms with van der Waals surface area (Å²) in [6, 6.07) is 0. The van der Waals surface area contributed by atoms with Crippen molar-refractivity contribution in [2.75, 3.05) is 19.8 Å². The Morgan fingerprint density at radius 2 is 2.27 bits per heavy atom. The van der Waals surface area contributed by atoms with Gasteiger partial charge in [0.1, 0.15) is 0 Å². The molecule has 2 heterocycles. The van der Waals surface area contributed by atoms with Crippen LogP contribution in [0.4, 0.5) is 0 Å². The minimum Gasteiger partial charge on any atom is -0.389 e. The van der Waals surface area contributed by atoms with Crippen molar-refractivity contribution in [3.8, 4) is 0 Å². The van der Waals surface area contributed by atoms with Crippen LogP contribution in [-0.2, 0) is 9.47 Å². The topological polar surface area (TPSA) is 38.7 Å². The predicted octanol–water partition coefficient (Wildman–Crippen LogP) is 1.73. The molecule has 3 unspecified atom stereocenters. The number of aliphatic hydroxyl groups is 1. The van der Waals surface area contributed by atoms with Crippen molar-refractivity contribution in [2.45, 2.75) is 50.7 Å². The zero-order chi connectivity index (χ0) is 10.7. The highest BCUT2D eigenvalue weighted by atomic mass is 16.5. The van der Waals surface area contributed by atoms with Crippen LogP contribution in [0.2, 0.25) is 0 Å². The van der Waals surface area contributed by atoms with Crippen LogP contribution in [0.1, 0.15) is 39.0 Å². The fourth-order valence-corrected chi connectivity index (χ4v) is 2.79. The lowest BCUT2D eigenvalue weighted by Gasteiger charge is -2.40. The Bertz CT molecular complexity index is 199. The summed E-state index contributed by atoms with van der Waals surface area (Å²) < 4.78 is 11.0. The van der Waals surface area contributed by atoms with Crippen molar-refractivity contribution in [3.63, 3.8) is 0 Å². The molecule has 3 atom stereocenters. The molecule has 0 bridgehead atoms.